The van der Waals surface area contributed by atoms with Crippen LogP contribution in [0.3, 0.4) is 0 Å². The highest BCUT2D eigenvalue weighted by atomic mass is 32.5. The van der Waals surface area contributed by atoms with Crippen molar-refractivity contribution < 1.29 is 29.0 Å². The lowest BCUT2D eigenvalue weighted by Gasteiger charge is -2.40. The van der Waals surface area contributed by atoms with Crippen LogP contribution in [0.1, 0.15) is 96.8 Å². The molecule has 2 nitrogen and oxygen atoms in total. The lowest BCUT2D eigenvalue weighted by Crippen LogP contribution is -2.30. The molecule has 0 aliphatic heterocycles. The Labute approximate surface area is 200 Å². The number of benzene rings is 1. The topological polar surface area (TPSA) is 26.3 Å². The van der Waals surface area contributed by atoms with Crippen molar-refractivity contribution in [1.29, 1.82) is 0 Å². The Bertz CT molecular complexity index is 793. The second-order valence-corrected chi connectivity index (χ2v) is 12.9. The minimum atomic E-state index is -9.72. The highest BCUT2D eigenvalue weighted by molar-refractivity contribution is 8.45. The van der Waals surface area contributed by atoms with E-state index in [-0.39, 0.29) is 23.8 Å². The normalized spacial score (nSPS) is 28.1. The van der Waals surface area contributed by atoms with E-state index >= 15 is 0 Å². The first kappa shape index (κ1) is 27.3. The Hall–Kier alpha value is -1.31. The molecular formula is C26H39F5O2S. The molecule has 0 aromatic heterocycles. The highest BCUT2D eigenvalue weighted by Gasteiger charge is 2.65. The van der Waals surface area contributed by atoms with Gasteiger partial charge in [0.25, 0.3) is 0 Å². The number of hydrogen-bond donors (Lipinski definition) is 0. The minimum absolute atomic E-state index is 0.134. The van der Waals surface area contributed by atoms with Gasteiger partial charge in [-0.1, -0.05) is 77.7 Å². The van der Waals surface area contributed by atoms with Gasteiger partial charge in [0.2, 0.25) is 0 Å². The Kier molecular flexibility index (Phi) is 8.31. The second kappa shape index (κ2) is 10.4. The van der Waals surface area contributed by atoms with Gasteiger partial charge in [0.15, 0.2) is 0 Å². The van der Waals surface area contributed by atoms with Crippen LogP contribution in [0.5, 0.6) is 5.75 Å². The molecule has 0 heterocycles. The van der Waals surface area contributed by atoms with Gasteiger partial charge in [-0.25, -0.2) is 0 Å². The molecule has 8 heteroatoms. The Balaban J connectivity index is 1.38. The average Bonchev–Trinajstić information content (AvgIpc) is 2.78. The van der Waals surface area contributed by atoms with E-state index in [1.807, 2.05) is 0 Å². The van der Waals surface area contributed by atoms with Gasteiger partial charge in [-0.05, 0) is 80.5 Å². The molecule has 0 spiro atoms. The van der Waals surface area contributed by atoms with Crippen LogP contribution in [0.4, 0.5) is 19.4 Å². The molecule has 1 aromatic rings. The summed E-state index contributed by atoms with van der Waals surface area (Å²) in [6.07, 6.45) is 16.6. The Morgan fingerprint density at radius 2 is 1.32 bits per heavy atom. The van der Waals surface area contributed by atoms with Crippen molar-refractivity contribution in [2.45, 2.75) is 102 Å². The molecule has 0 radical (unpaired) electrons. The predicted molar refractivity (Wildman–Crippen MR) is 128 cm³/mol. The monoisotopic (exact) mass is 510 g/mol. The molecule has 0 bridgehead atoms. The first-order chi connectivity index (χ1) is 15.9. The molecule has 2 aliphatic carbocycles. The number of hydrogen-bond acceptors (Lipinski definition) is 2. The molecule has 34 heavy (non-hydrogen) atoms. The molecule has 0 saturated heterocycles. The van der Waals surface area contributed by atoms with Gasteiger partial charge in [0.05, 0.1) is 5.92 Å². The maximum atomic E-state index is 12.8. The van der Waals surface area contributed by atoms with Crippen LogP contribution in [0.15, 0.2) is 29.2 Å². The van der Waals surface area contributed by atoms with Crippen molar-refractivity contribution in [3.05, 3.63) is 24.3 Å². The molecular weight excluding hydrogens is 471 g/mol. The average molecular weight is 511 g/mol. The zero-order chi connectivity index (χ0) is 24.9. The smallest absolute Gasteiger partial charge is 0.314 e. The van der Waals surface area contributed by atoms with Crippen LogP contribution >= 0.6 is 10.2 Å². The van der Waals surface area contributed by atoms with E-state index in [1.165, 1.54) is 64.2 Å². The maximum Gasteiger partial charge on any atom is 0.314 e. The Morgan fingerprint density at radius 1 is 0.794 bits per heavy atom. The molecule has 0 atom stereocenters. The maximum absolute atomic E-state index is 12.8. The van der Waals surface area contributed by atoms with Gasteiger partial charge in [-0.15, -0.1) is 0 Å². The van der Waals surface area contributed by atoms with E-state index in [4.69, 9.17) is 4.74 Å². The first-order valence-electron chi connectivity index (χ1n) is 12.9. The number of ether oxygens (including phenoxy) is 1. The second-order valence-electron chi connectivity index (χ2n) is 10.5. The van der Waals surface area contributed by atoms with Gasteiger partial charge in [-0.3, -0.25) is 4.79 Å². The van der Waals surface area contributed by atoms with E-state index in [1.54, 1.807) is 0 Å². The van der Waals surface area contributed by atoms with E-state index in [0.717, 1.165) is 36.8 Å². The number of unbranched alkanes of at least 4 members (excludes halogenated alkanes) is 4. The van der Waals surface area contributed by atoms with Crippen LogP contribution in [-0.2, 0) is 4.79 Å². The minimum Gasteiger partial charge on any atom is -0.426 e. The van der Waals surface area contributed by atoms with Crippen molar-refractivity contribution in [3.63, 3.8) is 0 Å². The lowest BCUT2D eigenvalue weighted by molar-refractivity contribution is -0.140. The Morgan fingerprint density at radius 3 is 1.85 bits per heavy atom. The summed E-state index contributed by atoms with van der Waals surface area (Å²) in [5.74, 6) is 1.33. The molecule has 2 fully saturated rings. The molecule has 0 N–H and O–H groups in total. The van der Waals surface area contributed by atoms with Gasteiger partial charge in [0, 0.05) is 0 Å². The summed E-state index contributed by atoms with van der Waals surface area (Å²) in [5, 5.41) is 0. The summed E-state index contributed by atoms with van der Waals surface area (Å²) in [4.78, 5) is 10.5. The summed E-state index contributed by atoms with van der Waals surface area (Å²) in [5.41, 5.74) is 0. The number of rotatable bonds is 10. The van der Waals surface area contributed by atoms with Gasteiger partial charge >= 0.3 is 16.2 Å². The van der Waals surface area contributed by atoms with Crippen LogP contribution in [0.25, 0.3) is 0 Å². The van der Waals surface area contributed by atoms with Crippen molar-refractivity contribution in [1.82, 2.24) is 0 Å². The molecule has 196 valence electrons. The van der Waals surface area contributed by atoms with Crippen molar-refractivity contribution in [2.75, 3.05) is 0 Å². The van der Waals surface area contributed by atoms with E-state index < -0.39 is 21.1 Å². The number of esters is 1. The van der Waals surface area contributed by atoms with Gasteiger partial charge in [-0.2, -0.15) is 0 Å². The third kappa shape index (κ3) is 8.13. The number of carbonyl (C=O) groups excluding carboxylic acids is 1. The molecule has 0 unspecified atom stereocenters. The number of carbonyl (C=O) groups is 1. The van der Waals surface area contributed by atoms with Crippen LogP contribution in [-0.4, -0.2) is 5.97 Å². The van der Waals surface area contributed by atoms with Gasteiger partial charge < -0.3 is 4.74 Å². The molecule has 1 aromatic carbocycles. The fourth-order valence-electron chi connectivity index (χ4n) is 5.78. The molecule has 0 amide bonds. The third-order valence-electron chi connectivity index (χ3n) is 7.87. The van der Waals surface area contributed by atoms with Crippen molar-refractivity contribution in [3.8, 4) is 5.75 Å². The fourth-order valence-corrected chi connectivity index (χ4v) is 6.43. The lowest BCUT2D eigenvalue weighted by atomic mass is 9.68. The molecule has 3 rings (SSSR count). The van der Waals surface area contributed by atoms with Crippen molar-refractivity contribution >= 4 is 16.2 Å². The summed E-state index contributed by atoms with van der Waals surface area (Å²) >= 11 is 0. The first-order valence-corrected chi connectivity index (χ1v) is 14.9. The van der Waals surface area contributed by atoms with E-state index in [2.05, 4.69) is 6.92 Å². The van der Waals surface area contributed by atoms with Gasteiger partial charge in [0.1, 0.15) is 10.6 Å². The summed E-state index contributed by atoms with van der Waals surface area (Å²) in [6.45, 7) is 2.24. The zero-order valence-corrected chi connectivity index (χ0v) is 20.9. The highest BCUT2D eigenvalue weighted by Crippen LogP contribution is 3.02. The van der Waals surface area contributed by atoms with Crippen LogP contribution in [0, 0.1) is 23.7 Å². The zero-order valence-electron chi connectivity index (χ0n) is 20.1. The molecule has 2 aliphatic rings. The fraction of sp³-hybridized carbons (Fsp3) is 0.731. The summed E-state index contributed by atoms with van der Waals surface area (Å²) in [6, 6.07) is 2.14. The van der Waals surface area contributed by atoms with E-state index in [9.17, 15) is 24.2 Å². The predicted octanol–water partition coefficient (Wildman–Crippen LogP) is 10.2. The quantitative estimate of drug-likeness (QED) is 0.135. The standard InChI is InChI=1S/C26H39F5O2S/c1-2-3-4-5-6-7-20-8-10-21(11-9-20)22-12-14-23(15-13-22)26(32)33-24-16-18-25(19-17-24)34(27,28,29,30)31/h16-23H,2-15H2,1H3. The number of halogens is 5. The van der Waals surface area contributed by atoms with Crippen LogP contribution < -0.4 is 4.74 Å². The largest absolute Gasteiger partial charge is 0.426 e. The van der Waals surface area contributed by atoms with Crippen LogP contribution in [0.2, 0.25) is 0 Å². The SMILES string of the molecule is CCCCCCCC1CCC(C2CCC(C(=O)Oc3ccc(S(F)(F)(F)(F)F)cc3)CC2)CC1. The van der Waals surface area contributed by atoms with Crippen molar-refractivity contribution in [2.24, 2.45) is 23.7 Å². The summed E-state index contributed by atoms with van der Waals surface area (Å²) in [7, 11) is -9.72. The van der Waals surface area contributed by atoms with E-state index in [0.29, 0.717) is 18.8 Å². The summed E-state index contributed by atoms with van der Waals surface area (Å²) < 4.78 is 69.4. The molecule has 2 saturated carbocycles. The third-order valence-corrected chi connectivity index (χ3v) is 9.03.